The van der Waals surface area contributed by atoms with Crippen LogP contribution < -0.4 is 10.6 Å². The minimum Gasteiger partial charge on any atom is -0.444 e. The number of carbonyl (C=O) groups excluding carboxylic acids is 1. The van der Waals surface area contributed by atoms with E-state index < -0.39 is 5.60 Å². The SMILES string of the molecule is CCNC(=NCC(NC(=O)OC(C)(C)C)C(C)C)N1CCCC1. The zero-order valence-corrected chi connectivity index (χ0v) is 15.6. The second kappa shape index (κ2) is 8.99. The average Bonchev–Trinajstić information content (AvgIpc) is 2.93. The van der Waals surface area contributed by atoms with Gasteiger partial charge in [-0.2, -0.15) is 0 Å². The van der Waals surface area contributed by atoms with Crippen LogP contribution in [-0.2, 0) is 4.74 Å². The molecule has 1 heterocycles. The second-order valence-electron chi connectivity index (χ2n) is 7.39. The summed E-state index contributed by atoms with van der Waals surface area (Å²) < 4.78 is 5.35. The van der Waals surface area contributed by atoms with Crippen LogP contribution in [0.2, 0.25) is 0 Å². The summed E-state index contributed by atoms with van der Waals surface area (Å²) >= 11 is 0. The van der Waals surface area contributed by atoms with E-state index >= 15 is 0 Å². The predicted octanol–water partition coefficient (Wildman–Crippen LogP) is 2.60. The van der Waals surface area contributed by atoms with Gasteiger partial charge in [0, 0.05) is 19.6 Å². The van der Waals surface area contributed by atoms with E-state index in [0.29, 0.717) is 6.54 Å². The van der Waals surface area contributed by atoms with Gasteiger partial charge in [0.2, 0.25) is 0 Å². The Morgan fingerprint density at radius 3 is 2.35 bits per heavy atom. The first-order chi connectivity index (χ1) is 10.7. The average molecular weight is 326 g/mol. The molecular weight excluding hydrogens is 292 g/mol. The lowest BCUT2D eigenvalue weighted by atomic mass is 10.1. The lowest BCUT2D eigenvalue weighted by Crippen LogP contribution is -2.45. The first-order valence-electron chi connectivity index (χ1n) is 8.75. The van der Waals surface area contributed by atoms with Gasteiger partial charge in [0.05, 0.1) is 12.6 Å². The number of aliphatic imine (C=N–C) groups is 1. The van der Waals surface area contributed by atoms with Crippen molar-refractivity contribution in [2.45, 2.75) is 66.0 Å². The van der Waals surface area contributed by atoms with E-state index in [1.165, 1.54) is 12.8 Å². The highest BCUT2D eigenvalue weighted by Crippen LogP contribution is 2.10. The number of ether oxygens (including phenoxy) is 1. The van der Waals surface area contributed by atoms with Gasteiger partial charge in [0.1, 0.15) is 5.60 Å². The number of guanidine groups is 1. The summed E-state index contributed by atoms with van der Waals surface area (Å²) in [5, 5.41) is 6.29. The molecule has 1 unspecified atom stereocenters. The van der Waals surface area contributed by atoms with Crippen molar-refractivity contribution in [3.05, 3.63) is 0 Å². The number of nitrogens with one attached hydrogen (secondary N) is 2. The van der Waals surface area contributed by atoms with Crippen molar-refractivity contribution < 1.29 is 9.53 Å². The molecule has 134 valence electrons. The molecule has 6 nitrogen and oxygen atoms in total. The quantitative estimate of drug-likeness (QED) is 0.602. The van der Waals surface area contributed by atoms with Gasteiger partial charge >= 0.3 is 6.09 Å². The number of likely N-dealkylation sites (tertiary alicyclic amines) is 1. The van der Waals surface area contributed by atoms with Crippen LogP contribution in [0.25, 0.3) is 0 Å². The zero-order chi connectivity index (χ0) is 17.5. The molecule has 1 aliphatic rings. The van der Waals surface area contributed by atoms with Gasteiger partial charge in [-0.05, 0) is 46.5 Å². The summed E-state index contributed by atoms with van der Waals surface area (Å²) in [6.45, 7) is 15.3. The van der Waals surface area contributed by atoms with Crippen molar-refractivity contribution in [2.24, 2.45) is 10.9 Å². The van der Waals surface area contributed by atoms with Gasteiger partial charge in [0.15, 0.2) is 5.96 Å². The molecule has 0 aliphatic carbocycles. The molecule has 0 aromatic carbocycles. The maximum atomic E-state index is 12.0. The van der Waals surface area contributed by atoms with Crippen LogP contribution in [0.1, 0.15) is 54.4 Å². The van der Waals surface area contributed by atoms with E-state index in [1.807, 2.05) is 20.8 Å². The molecule has 0 aromatic heterocycles. The van der Waals surface area contributed by atoms with Gasteiger partial charge in [-0.3, -0.25) is 4.99 Å². The lowest BCUT2D eigenvalue weighted by Gasteiger charge is -2.26. The fourth-order valence-electron chi connectivity index (χ4n) is 2.42. The molecule has 0 aromatic rings. The Bertz CT molecular complexity index is 396. The third kappa shape index (κ3) is 7.57. The monoisotopic (exact) mass is 326 g/mol. The number of carbonyl (C=O) groups is 1. The number of amides is 1. The minimum absolute atomic E-state index is 0.0406. The predicted molar refractivity (Wildman–Crippen MR) is 94.8 cm³/mol. The second-order valence-corrected chi connectivity index (χ2v) is 7.39. The summed E-state index contributed by atoms with van der Waals surface area (Å²) in [6.07, 6.45) is 2.06. The van der Waals surface area contributed by atoms with Crippen molar-refractivity contribution in [1.29, 1.82) is 0 Å². The van der Waals surface area contributed by atoms with Gasteiger partial charge < -0.3 is 20.3 Å². The number of hydrogen-bond donors (Lipinski definition) is 2. The summed E-state index contributed by atoms with van der Waals surface area (Å²) in [7, 11) is 0. The summed E-state index contributed by atoms with van der Waals surface area (Å²) in [5.74, 6) is 1.23. The Morgan fingerprint density at radius 1 is 1.26 bits per heavy atom. The van der Waals surface area contributed by atoms with E-state index in [4.69, 9.17) is 9.73 Å². The first-order valence-corrected chi connectivity index (χ1v) is 8.75. The lowest BCUT2D eigenvalue weighted by molar-refractivity contribution is 0.0493. The van der Waals surface area contributed by atoms with Crippen LogP contribution in [0.3, 0.4) is 0 Å². The first kappa shape index (κ1) is 19.6. The fourth-order valence-corrected chi connectivity index (χ4v) is 2.42. The van der Waals surface area contributed by atoms with E-state index in [-0.39, 0.29) is 18.1 Å². The van der Waals surface area contributed by atoms with Gasteiger partial charge in [-0.15, -0.1) is 0 Å². The topological polar surface area (TPSA) is 66.0 Å². The highest BCUT2D eigenvalue weighted by Gasteiger charge is 2.22. The van der Waals surface area contributed by atoms with Crippen molar-refractivity contribution in [3.63, 3.8) is 0 Å². The summed E-state index contributed by atoms with van der Waals surface area (Å²) in [5.41, 5.74) is -0.487. The zero-order valence-electron chi connectivity index (χ0n) is 15.6. The normalized spacial score (nSPS) is 17.3. The molecule has 23 heavy (non-hydrogen) atoms. The van der Waals surface area contributed by atoms with E-state index in [2.05, 4.69) is 36.3 Å². The summed E-state index contributed by atoms with van der Waals surface area (Å²) in [4.78, 5) is 19.0. The molecule has 0 radical (unpaired) electrons. The van der Waals surface area contributed by atoms with E-state index in [9.17, 15) is 4.79 Å². The van der Waals surface area contributed by atoms with E-state index in [0.717, 1.165) is 25.6 Å². The standard InChI is InChI=1S/C17H34N4O2/c1-7-18-15(21-10-8-9-11-21)19-12-14(13(2)3)20-16(22)23-17(4,5)6/h13-14H,7-12H2,1-6H3,(H,18,19)(H,20,22). The van der Waals surface area contributed by atoms with Crippen molar-refractivity contribution >= 4 is 12.1 Å². The maximum Gasteiger partial charge on any atom is 0.407 e. The number of rotatable bonds is 5. The van der Waals surface area contributed by atoms with E-state index in [1.54, 1.807) is 0 Å². The summed E-state index contributed by atoms with van der Waals surface area (Å²) in [6, 6.07) is -0.0406. The molecule has 1 amide bonds. The van der Waals surface area contributed by atoms with Crippen molar-refractivity contribution in [1.82, 2.24) is 15.5 Å². The third-order valence-corrected chi connectivity index (χ3v) is 3.69. The van der Waals surface area contributed by atoms with Gasteiger partial charge in [-0.1, -0.05) is 13.8 Å². The maximum absolute atomic E-state index is 12.0. The molecular formula is C17H34N4O2. The van der Waals surface area contributed by atoms with Crippen molar-refractivity contribution in [3.8, 4) is 0 Å². The third-order valence-electron chi connectivity index (χ3n) is 3.69. The highest BCUT2D eigenvalue weighted by atomic mass is 16.6. The molecule has 1 fully saturated rings. The molecule has 1 rings (SSSR count). The Balaban J connectivity index is 2.65. The Labute approximate surface area is 141 Å². The molecule has 2 N–H and O–H groups in total. The van der Waals surface area contributed by atoms with Gasteiger partial charge in [-0.25, -0.2) is 4.79 Å². The number of alkyl carbamates (subject to hydrolysis) is 1. The van der Waals surface area contributed by atoms with Crippen LogP contribution >= 0.6 is 0 Å². The molecule has 6 heteroatoms. The van der Waals surface area contributed by atoms with Crippen LogP contribution in [0.5, 0.6) is 0 Å². The molecule has 1 atom stereocenters. The van der Waals surface area contributed by atoms with Crippen LogP contribution in [0.15, 0.2) is 4.99 Å². The molecule has 0 bridgehead atoms. The fraction of sp³-hybridized carbons (Fsp3) is 0.882. The van der Waals surface area contributed by atoms with Crippen molar-refractivity contribution in [2.75, 3.05) is 26.2 Å². The van der Waals surface area contributed by atoms with Crippen LogP contribution in [-0.4, -0.2) is 54.8 Å². The number of hydrogen-bond acceptors (Lipinski definition) is 3. The van der Waals surface area contributed by atoms with Crippen LogP contribution in [0, 0.1) is 5.92 Å². The molecule has 0 spiro atoms. The Hall–Kier alpha value is -1.46. The van der Waals surface area contributed by atoms with Gasteiger partial charge in [0.25, 0.3) is 0 Å². The smallest absolute Gasteiger partial charge is 0.407 e. The largest absolute Gasteiger partial charge is 0.444 e. The highest BCUT2D eigenvalue weighted by molar-refractivity contribution is 5.80. The minimum atomic E-state index is -0.487. The molecule has 0 saturated carbocycles. The molecule has 1 saturated heterocycles. The Morgan fingerprint density at radius 2 is 1.87 bits per heavy atom. The molecule has 1 aliphatic heterocycles. The van der Waals surface area contributed by atoms with Crippen LogP contribution in [0.4, 0.5) is 4.79 Å². The number of nitrogens with zero attached hydrogens (tertiary/aromatic N) is 2. The Kier molecular flexibility index (Phi) is 7.65.